The molecular formula is C16H31N3. The van der Waals surface area contributed by atoms with Crippen molar-refractivity contribution in [2.24, 2.45) is 5.73 Å². The third-order valence-corrected chi connectivity index (χ3v) is 5.59. The van der Waals surface area contributed by atoms with Crippen LogP contribution in [0.25, 0.3) is 0 Å². The average Bonchev–Trinajstić information content (AvgIpc) is 2.73. The molecule has 0 aromatic rings. The molecule has 0 radical (unpaired) electrons. The van der Waals surface area contributed by atoms with Gasteiger partial charge in [0.05, 0.1) is 0 Å². The van der Waals surface area contributed by atoms with E-state index in [1.54, 1.807) is 0 Å². The summed E-state index contributed by atoms with van der Waals surface area (Å²) in [6.45, 7) is 5.24. The highest BCUT2D eigenvalue weighted by molar-refractivity contribution is 4.91. The molecule has 3 aliphatic rings. The van der Waals surface area contributed by atoms with Gasteiger partial charge in [0, 0.05) is 24.7 Å². The van der Waals surface area contributed by atoms with Crippen LogP contribution < -0.4 is 5.73 Å². The Morgan fingerprint density at radius 3 is 2.32 bits per heavy atom. The van der Waals surface area contributed by atoms with Gasteiger partial charge in [-0.1, -0.05) is 25.7 Å². The van der Waals surface area contributed by atoms with Gasteiger partial charge in [-0.3, -0.25) is 9.80 Å². The van der Waals surface area contributed by atoms with E-state index in [0.717, 1.165) is 6.04 Å². The van der Waals surface area contributed by atoms with Crippen molar-refractivity contribution in [1.82, 2.24) is 9.80 Å². The normalized spacial score (nSPS) is 39.3. The summed E-state index contributed by atoms with van der Waals surface area (Å²) in [5, 5.41) is 0. The SMILES string of the molecule is NC1CCCCCCC1N1CCCN2CCCC2C1. The fourth-order valence-corrected chi connectivity index (χ4v) is 4.48. The maximum atomic E-state index is 6.51. The van der Waals surface area contributed by atoms with Crippen LogP contribution in [0.15, 0.2) is 0 Å². The van der Waals surface area contributed by atoms with E-state index in [2.05, 4.69) is 9.80 Å². The first-order chi connectivity index (χ1) is 9.34. The standard InChI is InChI=1S/C16H31N3/c17-15-8-3-1-2-4-9-16(15)19-12-6-11-18-10-5-7-14(18)13-19/h14-16H,1-13,17H2. The van der Waals surface area contributed by atoms with Crippen molar-refractivity contribution in [3.8, 4) is 0 Å². The fraction of sp³-hybridized carbons (Fsp3) is 1.00. The van der Waals surface area contributed by atoms with Crippen LogP contribution >= 0.6 is 0 Å². The highest BCUT2D eigenvalue weighted by Gasteiger charge is 2.33. The zero-order chi connectivity index (χ0) is 13.1. The molecule has 2 heterocycles. The predicted molar refractivity (Wildman–Crippen MR) is 80.3 cm³/mol. The van der Waals surface area contributed by atoms with Crippen molar-refractivity contribution in [3.05, 3.63) is 0 Å². The summed E-state index contributed by atoms with van der Waals surface area (Å²) in [6.07, 6.45) is 12.3. The topological polar surface area (TPSA) is 32.5 Å². The zero-order valence-corrected chi connectivity index (χ0v) is 12.4. The lowest BCUT2D eigenvalue weighted by atomic mass is 9.91. The van der Waals surface area contributed by atoms with E-state index in [9.17, 15) is 0 Å². The van der Waals surface area contributed by atoms with Gasteiger partial charge in [0.15, 0.2) is 0 Å². The predicted octanol–water partition coefficient (Wildman–Crippen LogP) is 2.21. The molecule has 0 aromatic heterocycles. The molecule has 0 amide bonds. The molecule has 0 bridgehead atoms. The molecular weight excluding hydrogens is 234 g/mol. The summed E-state index contributed by atoms with van der Waals surface area (Å²) in [7, 11) is 0. The number of fused-ring (bicyclic) bond motifs is 1. The lowest BCUT2D eigenvalue weighted by Gasteiger charge is -2.37. The Hall–Kier alpha value is -0.120. The van der Waals surface area contributed by atoms with E-state index >= 15 is 0 Å². The molecule has 1 aliphatic carbocycles. The lowest BCUT2D eigenvalue weighted by Crippen LogP contribution is -2.50. The quantitative estimate of drug-likeness (QED) is 0.789. The van der Waals surface area contributed by atoms with Gasteiger partial charge in [0.1, 0.15) is 0 Å². The molecule has 3 unspecified atom stereocenters. The van der Waals surface area contributed by atoms with Crippen LogP contribution in [-0.4, -0.2) is 54.1 Å². The van der Waals surface area contributed by atoms with Gasteiger partial charge in [0.2, 0.25) is 0 Å². The third-order valence-electron chi connectivity index (χ3n) is 5.59. The summed E-state index contributed by atoms with van der Waals surface area (Å²) in [5.74, 6) is 0. The Balaban J connectivity index is 1.64. The average molecular weight is 265 g/mol. The minimum absolute atomic E-state index is 0.424. The number of hydrogen-bond acceptors (Lipinski definition) is 3. The molecule has 2 N–H and O–H groups in total. The van der Waals surface area contributed by atoms with E-state index in [1.165, 1.54) is 84.0 Å². The number of hydrogen-bond donors (Lipinski definition) is 1. The second-order valence-electron chi connectivity index (χ2n) is 6.90. The molecule has 3 rings (SSSR count). The van der Waals surface area contributed by atoms with Crippen LogP contribution in [0.4, 0.5) is 0 Å². The highest BCUT2D eigenvalue weighted by atomic mass is 15.3. The molecule has 3 fully saturated rings. The van der Waals surface area contributed by atoms with E-state index in [-0.39, 0.29) is 0 Å². The van der Waals surface area contributed by atoms with Gasteiger partial charge in [-0.15, -0.1) is 0 Å². The molecule has 3 atom stereocenters. The molecule has 2 saturated heterocycles. The monoisotopic (exact) mass is 265 g/mol. The minimum Gasteiger partial charge on any atom is -0.326 e. The van der Waals surface area contributed by atoms with Crippen LogP contribution in [0.1, 0.15) is 57.8 Å². The Morgan fingerprint density at radius 2 is 1.42 bits per heavy atom. The molecule has 3 heteroatoms. The summed E-state index contributed by atoms with van der Waals surface area (Å²) < 4.78 is 0. The fourth-order valence-electron chi connectivity index (χ4n) is 4.48. The van der Waals surface area contributed by atoms with E-state index in [1.807, 2.05) is 0 Å². The Morgan fingerprint density at radius 1 is 0.684 bits per heavy atom. The summed E-state index contributed by atoms with van der Waals surface area (Å²) >= 11 is 0. The molecule has 0 spiro atoms. The van der Waals surface area contributed by atoms with Crippen LogP contribution in [-0.2, 0) is 0 Å². The molecule has 1 saturated carbocycles. The van der Waals surface area contributed by atoms with Crippen LogP contribution in [0.3, 0.4) is 0 Å². The molecule has 2 aliphatic heterocycles. The maximum absolute atomic E-state index is 6.51. The number of rotatable bonds is 1. The first-order valence-corrected chi connectivity index (χ1v) is 8.58. The Kier molecular flexibility index (Phi) is 4.78. The highest BCUT2D eigenvalue weighted by Crippen LogP contribution is 2.26. The lowest BCUT2D eigenvalue weighted by molar-refractivity contribution is 0.135. The zero-order valence-electron chi connectivity index (χ0n) is 12.4. The van der Waals surface area contributed by atoms with Gasteiger partial charge in [-0.2, -0.15) is 0 Å². The third kappa shape index (κ3) is 3.32. The summed E-state index contributed by atoms with van der Waals surface area (Å²) in [6, 6.07) is 1.93. The van der Waals surface area contributed by atoms with E-state index in [0.29, 0.717) is 12.1 Å². The van der Waals surface area contributed by atoms with Gasteiger partial charge < -0.3 is 5.73 Å². The smallest absolute Gasteiger partial charge is 0.0247 e. The van der Waals surface area contributed by atoms with Gasteiger partial charge in [0.25, 0.3) is 0 Å². The molecule has 19 heavy (non-hydrogen) atoms. The van der Waals surface area contributed by atoms with Crippen molar-refractivity contribution in [2.45, 2.75) is 75.9 Å². The van der Waals surface area contributed by atoms with Crippen molar-refractivity contribution >= 4 is 0 Å². The van der Waals surface area contributed by atoms with Crippen molar-refractivity contribution in [2.75, 3.05) is 26.2 Å². The second kappa shape index (κ2) is 6.55. The molecule has 110 valence electrons. The van der Waals surface area contributed by atoms with Crippen LogP contribution in [0, 0.1) is 0 Å². The maximum Gasteiger partial charge on any atom is 0.0247 e. The van der Waals surface area contributed by atoms with Gasteiger partial charge >= 0.3 is 0 Å². The van der Waals surface area contributed by atoms with Crippen molar-refractivity contribution in [1.29, 1.82) is 0 Å². The van der Waals surface area contributed by atoms with Crippen LogP contribution in [0.2, 0.25) is 0 Å². The second-order valence-corrected chi connectivity index (χ2v) is 6.90. The first-order valence-electron chi connectivity index (χ1n) is 8.58. The van der Waals surface area contributed by atoms with Gasteiger partial charge in [-0.05, 0) is 51.7 Å². The number of nitrogens with zero attached hydrogens (tertiary/aromatic N) is 2. The van der Waals surface area contributed by atoms with E-state index in [4.69, 9.17) is 5.73 Å². The Labute approximate surface area is 118 Å². The minimum atomic E-state index is 0.424. The molecule has 3 nitrogen and oxygen atoms in total. The molecule has 0 aromatic carbocycles. The van der Waals surface area contributed by atoms with Gasteiger partial charge in [-0.25, -0.2) is 0 Å². The summed E-state index contributed by atoms with van der Waals surface area (Å²) in [5.41, 5.74) is 6.51. The number of nitrogens with two attached hydrogens (primary N) is 1. The van der Waals surface area contributed by atoms with Crippen LogP contribution in [0.5, 0.6) is 0 Å². The van der Waals surface area contributed by atoms with Crippen molar-refractivity contribution in [3.63, 3.8) is 0 Å². The Bertz CT molecular complexity index is 281. The van der Waals surface area contributed by atoms with E-state index < -0.39 is 0 Å². The van der Waals surface area contributed by atoms with Crippen molar-refractivity contribution < 1.29 is 0 Å². The largest absolute Gasteiger partial charge is 0.326 e. The summed E-state index contributed by atoms with van der Waals surface area (Å²) in [4.78, 5) is 5.50. The first kappa shape index (κ1) is 13.8.